The molecule has 0 atom stereocenters. The van der Waals surface area contributed by atoms with Crippen LogP contribution in [0.15, 0.2) is 29.3 Å². The Labute approximate surface area is 140 Å². The quantitative estimate of drug-likeness (QED) is 0.427. The number of halogens is 1. The summed E-state index contributed by atoms with van der Waals surface area (Å²) in [5.41, 5.74) is 8.52. The Morgan fingerprint density at radius 2 is 1.80 bits per heavy atom. The summed E-state index contributed by atoms with van der Waals surface area (Å²) in [6, 6.07) is 8.75. The lowest BCUT2D eigenvalue weighted by atomic mass is 10.1. The molecule has 1 aromatic rings. The highest BCUT2D eigenvalue weighted by Gasteiger charge is 1.96. The molecule has 1 aromatic carbocycles. The maximum atomic E-state index is 5.81. The number of benzene rings is 1. The number of guanidine groups is 1. The Balaban J connectivity index is 0.00000361. The van der Waals surface area contributed by atoms with Crippen molar-refractivity contribution in [3.63, 3.8) is 0 Å². The predicted octanol–water partition coefficient (Wildman–Crippen LogP) is 3.36. The molecule has 0 fully saturated rings. The molecule has 0 amide bonds. The molecule has 0 aliphatic carbocycles. The molecule has 114 valence electrons. The first-order chi connectivity index (χ1) is 9.11. The van der Waals surface area contributed by atoms with Crippen molar-refractivity contribution in [3.05, 3.63) is 35.4 Å². The summed E-state index contributed by atoms with van der Waals surface area (Å²) in [5.74, 6) is 1.24. The molecular weight excluding hydrogens is 361 g/mol. The molecular formula is C16H28IN3. The Morgan fingerprint density at radius 3 is 2.35 bits per heavy atom. The van der Waals surface area contributed by atoms with E-state index in [-0.39, 0.29) is 24.0 Å². The van der Waals surface area contributed by atoms with E-state index in [0.717, 1.165) is 32.4 Å². The number of nitrogens with one attached hydrogen (secondary N) is 1. The van der Waals surface area contributed by atoms with Crippen LogP contribution in [0.3, 0.4) is 0 Å². The first-order valence-corrected chi connectivity index (χ1v) is 7.23. The lowest BCUT2D eigenvalue weighted by Crippen LogP contribution is -2.33. The average molecular weight is 389 g/mol. The van der Waals surface area contributed by atoms with Crippen molar-refractivity contribution in [3.8, 4) is 0 Å². The highest BCUT2D eigenvalue weighted by molar-refractivity contribution is 14.0. The Bertz CT molecular complexity index is 385. The monoisotopic (exact) mass is 389 g/mol. The molecule has 0 unspecified atom stereocenters. The first-order valence-electron chi connectivity index (χ1n) is 7.23. The van der Waals surface area contributed by atoms with Crippen LogP contribution >= 0.6 is 24.0 Å². The number of nitrogens with two attached hydrogens (primary N) is 1. The van der Waals surface area contributed by atoms with E-state index in [9.17, 15) is 0 Å². The number of hydrogen-bond donors (Lipinski definition) is 2. The SMILES string of the molecule is CCc1ccc(CCNC(N)=NCCC(C)C)cc1.I. The van der Waals surface area contributed by atoms with E-state index in [1.165, 1.54) is 11.1 Å². The van der Waals surface area contributed by atoms with E-state index < -0.39 is 0 Å². The second-order valence-electron chi connectivity index (χ2n) is 5.30. The zero-order valence-electron chi connectivity index (χ0n) is 12.9. The van der Waals surface area contributed by atoms with Gasteiger partial charge < -0.3 is 11.1 Å². The summed E-state index contributed by atoms with van der Waals surface area (Å²) in [6.07, 6.45) is 3.15. The first kappa shape index (κ1) is 19.2. The fourth-order valence-corrected chi connectivity index (χ4v) is 1.78. The number of rotatable bonds is 7. The fourth-order valence-electron chi connectivity index (χ4n) is 1.78. The van der Waals surface area contributed by atoms with Crippen molar-refractivity contribution in [2.24, 2.45) is 16.6 Å². The molecule has 3 nitrogen and oxygen atoms in total. The third-order valence-corrected chi connectivity index (χ3v) is 3.14. The van der Waals surface area contributed by atoms with Crippen LogP contribution in [0.4, 0.5) is 0 Å². The van der Waals surface area contributed by atoms with E-state index in [4.69, 9.17) is 5.73 Å². The molecule has 0 radical (unpaired) electrons. The third kappa shape index (κ3) is 8.40. The van der Waals surface area contributed by atoms with Gasteiger partial charge in [-0.3, -0.25) is 4.99 Å². The van der Waals surface area contributed by atoms with Crippen molar-refractivity contribution in [1.82, 2.24) is 5.32 Å². The number of hydrogen-bond acceptors (Lipinski definition) is 1. The highest BCUT2D eigenvalue weighted by atomic mass is 127. The van der Waals surface area contributed by atoms with Crippen LogP contribution in [0.1, 0.15) is 38.3 Å². The molecule has 0 saturated carbocycles. The number of aliphatic imine (C=N–C) groups is 1. The summed E-state index contributed by atoms with van der Waals surface area (Å²) in [5, 5.41) is 3.16. The molecule has 1 rings (SSSR count). The molecule has 0 heterocycles. The minimum atomic E-state index is 0. The third-order valence-electron chi connectivity index (χ3n) is 3.14. The zero-order chi connectivity index (χ0) is 14.1. The maximum Gasteiger partial charge on any atom is 0.188 e. The second kappa shape index (κ2) is 10.9. The van der Waals surface area contributed by atoms with Gasteiger partial charge in [0, 0.05) is 13.1 Å². The van der Waals surface area contributed by atoms with Gasteiger partial charge in [0.1, 0.15) is 0 Å². The van der Waals surface area contributed by atoms with E-state index in [2.05, 4.69) is 55.3 Å². The summed E-state index contributed by atoms with van der Waals surface area (Å²) >= 11 is 0. The second-order valence-corrected chi connectivity index (χ2v) is 5.30. The molecule has 0 saturated heterocycles. The standard InChI is InChI=1S/C16H27N3.HI/c1-4-14-5-7-15(8-6-14)10-12-19-16(17)18-11-9-13(2)3;/h5-8,13H,4,9-12H2,1-3H3,(H3,17,18,19);1H. The van der Waals surface area contributed by atoms with Crippen molar-refractivity contribution in [1.29, 1.82) is 0 Å². The van der Waals surface area contributed by atoms with Gasteiger partial charge in [0.05, 0.1) is 0 Å². The molecule has 20 heavy (non-hydrogen) atoms. The van der Waals surface area contributed by atoms with Gasteiger partial charge in [0.25, 0.3) is 0 Å². The average Bonchev–Trinajstić information content (AvgIpc) is 2.39. The largest absolute Gasteiger partial charge is 0.370 e. The van der Waals surface area contributed by atoms with Crippen LogP contribution in [-0.2, 0) is 12.8 Å². The van der Waals surface area contributed by atoms with Crippen LogP contribution in [0.25, 0.3) is 0 Å². The minimum Gasteiger partial charge on any atom is -0.370 e. The van der Waals surface area contributed by atoms with E-state index in [1.54, 1.807) is 0 Å². The summed E-state index contributed by atoms with van der Waals surface area (Å²) in [7, 11) is 0. The Kier molecular flexibility index (Phi) is 10.5. The van der Waals surface area contributed by atoms with Crippen LogP contribution in [0, 0.1) is 5.92 Å². The molecule has 0 spiro atoms. The van der Waals surface area contributed by atoms with Crippen molar-refractivity contribution >= 4 is 29.9 Å². The highest BCUT2D eigenvalue weighted by Crippen LogP contribution is 2.05. The summed E-state index contributed by atoms with van der Waals surface area (Å²) < 4.78 is 0. The Morgan fingerprint density at radius 1 is 1.20 bits per heavy atom. The van der Waals surface area contributed by atoms with Gasteiger partial charge in [-0.15, -0.1) is 24.0 Å². The smallest absolute Gasteiger partial charge is 0.188 e. The Hall–Kier alpha value is -0.780. The molecule has 0 aliphatic heterocycles. The van der Waals surface area contributed by atoms with E-state index in [1.807, 2.05) is 0 Å². The van der Waals surface area contributed by atoms with Crippen molar-refractivity contribution in [2.75, 3.05) is 13.1 Å². The minimum absolute atomic E-state index is 0. The maximum absolute atomic E-state index is 5.81. The van der Waals surface area contributed by atoms with Crippen LogP contribution in [0.5, 0.6) is 0 Å². The lowest BCUT2D eigenvalue weighted by molar-refractivity contribution is 0.595. The van der Waals surface area contributed by atoms with Gasteiger partial charge in [0.2, 0.25) is 0 Å². The van der Waals surface area contributed by atoms with Crippen LogP contribution in [-0.4, -0.2) is 19.0 Å². The van der Waals surface area contributed by atoms with Crippen molar-refractivity contribution in [2.45, 2.75) is 40.0 Å². The van der Waals surface area contributed by atoms with E-state index in [0.29, 0.717) is 11.9 Å². The number of nitrogens with zero attached hydrogens (tertiary/aromatic N) is 1. The normalized spacial score (nSPS) is 11.3. The molecule has 4 heteroatoms. The molecule has 0 bridgehead atoms. The number of aryl methyl sites for hydroxylation is 1. The van der Waals surface area contributed by atoms with E-state index >= 15 is 0 Å². The topological polar surface area (TPSA) is 50.4 Å². The lowest BCUT2D eigenvalue weighted by Gasteiger charge is -2.07. The van der Waals surface area contributed by atoms with Gasteiger partial charge in [-0.25, -0.2) is 0 Å². The molecule has 0 aliphatic rings. The van der Waals surface area contributed by atoms with Crippen molar-refractivity contribution < 1.29 is 0 Å². The molecule has 0 aromatic heterocycles. The van der Waals surface area contributed by atoms with Gasteiger partial charge in [0.15, 0.2) is 5.96 Å². The van der Waals surface area contributed by atoms with Gasteiger partial charge in [-0.1, -0.05) is 45.0 Å². The molecule has 3 N–H and O–H groups in total. The van der Waals surface area contributed by atoms with Crippen LogP contribution < -0.4 is 11.1 Å². The zero-order valence-corrected chi connectivity index (χ0v) is 15.2. The predicted molar refractivity (Wildman–Crippen MR) is 98.9 cm³/mol. The fraction of sp³-hybridized carbons (Fsp3) is 0.562. The van der Waals surface area contributed by atoms with Crippen LogP contribution in [0.2, 0.25) is 0 Å². The summed E-state index contributed by atoms with van der Waals surface area (Å²) in [6.45, 7) is 8.20. The van der Waals surface area contributed by atoms with Gasteiger partial charge in [-0.05, 0) is 36.3 Å². The van der Waals surface area contributed by atoms with Gasteiger partial charge in [-0.2, -0.15) is 0 Å². The van der Waals surface area contributed by atoms with Gasteiger partial charge >= 0.3 is 0 Å². The summed E-state index contributed by atoms with van der Waals surface area (Å²) in [4.78, 5) is 4.31.